The number of hydrogen-bond acceptors (Lipinski definition) is 2. The SMILES string of the molecule is C1=CN=NC[N]1. The third-order valence-electron chi connectivity index (χ3n) is 0.465. The quantitative estimate of drug-likeness (QED) is 0.408. The van der Waals surface area contributed by atoms with E-state index in [1.807, 2.05) is 0 Å². The first-order valence-electron chi connectivity index (χ1n) is 1.68. The summed E-state index contributed by atoms with van der Waals surface area (Å²) < 4.78 is 0. The molecule has 0 saturated heterocycles. The molecule has 1 rings (SSSR count). The van der Waals surface area contributed by atoms with Gasteiger partial charge in [-0.25, -0.2) is 0 Å². The summed E-state index contributed by atoms with van der Waals surface area (Å²) in [4.78, 5) is 0. The van der Waals surface area contributed by atoms with Crippen molar-refractivity contribution in [2.75, 3.05) is 6.67 Å². The first-order valence-corrected chi connectivity index (χ1v) is 1.68. The second-order valence-corrected chi connectivity index (χ2v) is 0.879. The van der Waals surface area contributed by atoms with E-state index >= 15 is 0 Å². The van der Waals surface area contributed by atoms with Crippen LogP contribution < -0.4 is 5.32 Å². The van der Waals surface area contributed by atoms with Crippen LogP contribution in [0.2, 0.25) is 0 Å². The summed E-state index contributed by atoms with van der Waals surface area (Å²) in [7, 11) is 0. The van der Waals surface area contributed by atoms with Gasteiger partial charge in [-0.05, 0) is 0 Å². The van der Waals surface area contributed by atoms with Crippen molar-refractivity contribution in [2.24, 2.45) is 10.2 Å². The summed E-state index contributed by atoms with van der Waals surface area (Å²) in [5, 5.41) is 10.8. The molecule has 1 radical (unpaired) electrons. The van der Waals surface area contributed by atoms with Gasteiger partial charge in [-0.1, -0.05) is 0 Å². The Labute approximate surface area is 35.8 Å². The summed E-state index contributed by atoms with van der Waals surface area (Å²) >= 11 is 0. The van der Waals surface area contributed by atoms with Crippen molar-refractivity contribution < 1.29 is 0 Å². The molecule has 0 amide bonds. The van der Waals surface area contributed by atoms with Crippen LogP contribution in [0.5, 0.6) is 0 Å². The molecular weight excluding hydrogens is 78.1 g/mol. The molecule has 0 fully saturated rings. The average Bonchev–Trinajstić information content (AvgIpc) is 1.72. The average molecular weight is 82.1 g/mol. The molecule has 31 valence electrons. The van der Waals surface area contributed by atoms with E-state index in [1.54, 1.807) is 12.4 Å². The van der Waals surface area contributed by atoms with Gasteiger partial charge in [0, 0.05) is 6.20 Å². The number of rotatable bonds is 0. The van der Waals surface area contributed by atoms with Crippen molar-refractivity contribution in [3.8, 4) is 0 Å². The normalized spacial score (nSPS) is 17.3. The van der Waals surface area contributed by atoms with E-state index in [0.717, 1.165) is 0 Å². The minimum absolute atomic E-state index is 0.497. The number of hydrogen-bond donors (Lipinski definition) is 0. The molecule has 0 unspecified atom stereocenters. The van der Waals surface area contributed by atoms with Crippen molar-refractivity contribution in [1.29, 1.82) is 0 Å². The van der Waals surface area contributed by atoms with E-state index in [2.05, 4.69) is 15.5 Å². The number of nitrogens with zero attached hydrogens (tertiary/aromatic N) is 3. The molecule has 0 spiro atoms. The van der Waals surface area contributed by atoms with Crippen molar-refractivity contribution in [2.45, 2.75) is 0 Å². The summed E-state index contributed by atoms with van der Waals surface area (Å²) in [6, 6.07) is 0. The van der Waals surface area contributed by atoms with Crippen molar-refractivity contribution in [1.82, 2.24) is 5.32 Å². The van der Waals surface area contributed by atoms with Crippen LogP contribution in [-0.2, 0) is 0 Å². The van der Waals surface area contributed by atoms with Gasteiger partial charge < -0.3 is 0 Å². The minimum atomic E-state index is 0.497. The largest absolute Gasteiger partial charge is 0.266 e. The highest BCUT2D eigenvalue weighted by molar-refractivity contribution is 4.77. The van der Waals surface area contributed by atoms with Crippen LogP contribution in [0.3, 0.4) is 0 Å². The third kappa shape index (κ3) is 0.544. The molecule has 1 aliphatic heterocycles. The van der Waals surface area contributed by atoms with Crippen LogP contribution in [0, 0.1) is 0 Å². The Balaban J connectivity index is 2.46. The maximum absolute atomic E-state index is 3.74. The van der Waals surface area contributed by atoms with Crippen LogP contribution in [0.4, 0.5) is 0 Å². The first-order chi connectivity index (χ1) is 3.00. The van der Waals surface area contributed by atoms with E-state index in [1.165, 1.54) is 0 Å². The Kier molecular flexibility index (Phi) is 0.859. The highest BCUT2D eigenvalue weighted by Crippen LogP contribution is 1.82. The fourth-order valence-electron chi connectivity index (χ4n) is 0.244. The van der Waals surface area contributed by atoms with E-state index in [4.69, 9.17) is 0 Å². The van der Waals surface area contributed by atoms with Crippen molar-refractivity contribution in [3.05, 3.63) is 12.4 Å². The molecule has 0 bridgehead atoms. The molecule has 6 heavy (non-hydrogen) atoms. The number of azo groups is 1. The second kappa shape index (κ2) is 1.55. The Bertz CT molecular complexity index is 72.0. The predicted molar refractivity (Wildman–Crippen MR) is 21.0 cm³/mol. The van der Waals surface area contributed by atoms with Gasteiger partial charge in [0.25, 0.3) is 0 Å². The lowest BCUT2D eigenvalue weighted by atomic mass is 10.8. The molecule has 3 nitrogen and oxygen atoms in total. The summed E-state index contributed by atoms with van der Waals surface area (Å²) in [5.41, 5.74) is 0. The van der Waals surface area contributed by atoms with Crippen LogP contribution in [0.25, 0.3) is 0 Å². The zero-order chi connectivity index (χ0) is 4.24. The molecule has 1 aliphatic rings. The highest BCUT2D eigenvalue weighted by Gasteiger charge is 1.78. The predicted octanol–water partition coefficient (Wildman–Crippen LogP) is 0.485. The van der Waals surface area contributed by atoms with Gasteiger partial charge in [0.2, 0.25) is 0 Å². The molecule has 1 heterocycles. The molecule has 0 aromatic heterocycles. The van der Waals surface area contributed by atoms with Gasteiger partial charge in [0.15, 0.2) is 6.67 Å². The summed E-state index contributed by atoms with van der Waals surface area (Å²) in [5.74, 6) is 0. The maximum Gasteiger partial charge on any atom is 0.150 e. The molecule has 0 saturated carbocycles. The zero-order valence-electron chi connectivity index (χ0n) is 3.20. The van der Waals surface area contributed by atoms with Gasteiger partial charge in [-0.2, -0.15) is 10.2 Å². The van der Waals surface area contributed by atoms with Crippen LogP contribution in [0.15, 0.2) is 22.6 Å². The lowest BCUT2D eigenvalue weighted by molar-refractivity contribution is 0.787. The molecular formula is C3H4N3. The second-order valence-electron chi connectivity index (χ2n) is 0.879. The van der Waals surface area contributed by atoms with Gasteiger partial charge >= 0.3 is 0 Å². The van der Waals surface area contributed by atoms with Crippen LogP contribution >= 0.6 is 0 Å². The minimum Gasteiger partial charge on any atom is -0.266 e. The Morgan fingerprint density at radius 2 is 2.33 bits per heavy atom. The van der Waals surface area contributed by atoms with Gasteiger partial charge in [0.1, 0.15) is 0 Å². The van der Waals surface area contributed by atoms with Gasteiger partial charge in [0.05, 0.1) is 6.20 Å². The molecule has 0 N–H and O–H groups in total. The van der Waals surface area contributed by atoms with Gasteiger partial charge in [-0.3, -0.25) is 5.32 Å². The molecule has 3 heteroatoms. The topological polar surface area (TPSA) is 38.8 Å². The van der Waals surface area contributed by atoms with E-state index < -0.39 is 0 Å². The lowest BCUT2D eigenvalue weighted by Gasteiger charge is -1.89. The summed E-state index contributed by atoms with van der Waals surface area (Å²) in [6.07, 6.45) is 3.19. The smallest absolute Gasteiger partial charge is 0.150 e. The van der Waals surface area contributed by atoms with Crippen molar-refractivity contribution in [3.63, 3.8) is 0 Å². The monoisotopic (exact) mass is 82.0 g/mol. The Morgan fingerprint density at radius 1 is 1.33 bits per heavy atom. The molecule has 0 aliphatic carbocycles. The highest BCUT2D eigenvalue weighted by atomic mass is 15.2. The Hall–Kier alpha value is -0.860. The van der Waals surface area contributed by atoms with Crippen LogP contribution in [-0.4, -0.2) is 6.67 Å². The maximum atomic E-state index is 3.74. The fraction of sp³-hybridized carbons (Fsp3) is 0.333. The molecule has 0 aromatic rings. The van der Waals surface area contributed by atoms with E-state index in [9.17, 15) is 0 Å². The Morgan fingerprint density at radius 3 is 2.50 bits per heavy atom. The van der Waals surface area contributed by atoms with Crippen molar-refractivity contribution >= 4 is 0 Å². The third-order valence-corrected chi connectivity index (χ3v) is 0.465. The fourth-order valence-corrected chi connectivity index (χ4v) is 0.244. The molecule has 0 aromatic carbocycles. The first kappa shape index (κ1) is 3.33. The zero-order valence-corrected chi connectivity index (χ0v) is 3.20. The van der Waals surface area contributed by atoms with E-state index in [0.29, 0.717) is 6.67 Å². The standard InChI is InChI=1S/C3H4N3/c1-2-5-6-3-4-1/h1-2H,3H2. The van der Waals surface area contributed by atoms with Gasteiger partial charge in [-0.15, -0.1) is 0 Å². The molecule has 0 atom stereocenters. The van der Waals surface area contributed by atoms with E-state index in [-0.39, 0.29) is 0 Å². The lowest BCUT2D eigenvalue weighted by Crippen LogP contribution is -1.95. The van der Waals surface area contributed by atoms with Crippen LogP contribution in [0.1, 0.15) is 0 Å². The summed E-state index contributed by atoms with van der Waals surface area (Å²) in [6.45, 7) is 0.497.